The monoisotopic (exact) mass is 418 g/mol. The Bertz CT molecular complexity index is 1060. The lowest BCUT2D eigenvalue weighted by molar-refractivity contribution is 0.0949. The molecule has 3 heterocycles. The molecule has 31 heavy (non-hydrogen) atoms. The van der Waals surface area contributed by atoms with E-state index < -0.39 is 0 Å². The zero-order valence-corrected chi connectivity index (χ0v) is 18.7. The first-order valence-electron chi connectivity index (χ1n) is 10.9. The Morgan fingerprint density at radius 2 is 1.97 bits per heavy atom. The molecular formula is C24H30N6O. The van der Waals surface area contributed by atoms with Crippen LogP contribution in [0.2, 0.25) is 0 Å². The third-order valence-electron chi connectivity index (χ3n) is 6.01. The van der Waals surface area contributed by atoms with E-state index in [2.05, 4.69) is 46.2 Å². The van der Waals surface area contributed by atoms with E-state index in [0.717, 1.165) is 30.8 Å². The van der Waals surface area contributed by atoms with Crippen LogP contribution in [0.4, 0.5) is 0 Å². The van der Waals surface area contributed by atoms with Crippen LogP contribution in [0.25, 0.3) is 5.69 Å². The summed E-state index contributed by atoms with van der Waals surface area (Å²) in [6, 6.07) is 10.7. The van der Waals surface area contributed by atoms with E-state index in [4.69, 9.17) is 5.10 Å². The van der Waals surface area contributed by atoms with E-state index in [9.17, 15) is 4.79 Å². The summed E-state index contributed by atoms with van der Waals surface area (Å²) in [5.41, 5.74) is 4.48. The molecule has 2 aromatic heterocycles. The van der Waals surface area contributed by atoms with Crippen molar-refractivity contribution in [3.63, 3.8) is 0 Å². The lowest BCUT2D eigenvalue weighted by Crippen LogP contribution is -2.28. The quantitative estimate of drug-likeness (QED) is 0.664. The SMILES string of the molecule is Cc1ncc(C(=O)NCc2cnn(-c3ccccc3)c2[C@H]2CCN(C(C)C)C2)c(C)n1. The average Bonchev–Trinajstić information content (AvgIpc) is 3.39. The summed E-state index contributed by atoms with van der Waals surface area (Å²) in [4.78, 5) is 23.8. The smallest absolute Gasteiger partial charge is 0.254 e. The van der Waals surface area contributed by atoms with Crippen LogP contribution in [0.15, 0.2) is 42.7 Å². The molecule has 162 valence electrons. The van der Waals surface area contributed by atoms with Gasteiger partial charge in [-0.05, 0) is 52.8 Å². The van der Waals surface area contributed by atoms with Crippen molar-refractivity contribution in [1.29, 1.82) is 0 Å². The molecule has 0 saturated carbocycles. The molecule has 0 radical (unpaired) electrons. The van der Waals surface area contributed by atoms with Crippen molar-refractivity contribution in [2.24, 2.45) is 0 Å². The van der Waals surface area contributed by atoms with Gasteiger partial charge in [0.05, 0.1) is 28.8 Å². The molecular weight excluding hydrogens is 388 g/mol. The molecule has 1 fully saturated rings. The number of amides is 1. The van der Waals surface area contributed by atoms with Crippen molar-refractivity contribution in [2.45, 2.75) is 52.6 Å². The number of likely N-dealkylation sites (tertiary alicyclic amines) is 1. The fourth-order valence-corrected chi connectivity index (χ4v) is 4.29. The minimum Gasteiger partial charge on any atom is -0.348 e. The molecule has 1 N–H and O–H groups in total. The highest BCUT2D eigenvalue weighted by Gasteiger charge is 2.30. The van der Waals surface area contributed by atoms with Crippen molar-refractivity contribution in [3.05, 3.63) is 71.1 Å². The third-order valence-corrected chi connectivity index (χ3v) is 6.01. The molecule has 3 aromatic rings. The van der Waals surface area contributed by atoms with Crippen molar-refractivity contribution in [2.75, 3.05) is 13.1 Å². The summed E-state index contributed by atoms with van der Waals surface area (Å²) in [6.07, 6.45) is 4.57. The van der Waals surface area contributed by atoms with Gasteiger partial charge >= 0.3 is 0 Å². The fraction of sp³-hybridized carbons (Fsp3) is 0.417. The molecule has 1 aliphatic heterocycles. The normalized spacial score (nSPS) is 16.7. The molecule has 7 nitrogen and oxygen atoms in total. The van der Waals surface area contributed by atoms with Crippen LogP contribution in [-0.2, 0) is 6.54 Å². The number of carbonyl (C=O) groups excluding carboxylic acids is 1. The van der Waals surface area contributed by atoms with E-state index >= 15 is 0 Å². The second kappa shape index (κ2) is 8.98. The number of aromatic nitrogens is 4. The summed E-state index contributed by atoms with van der Waals surface area (Å²) in [7, 11) is 0. The molecule has 1 aromatic carbocycles. The highest BCUT2D eigenvalue weighted by molar-refractivity contribution is 5.94. The number of carbonyl (C=O) groups is 1. The summed E-state index contributed by atoms with van der Waals surface area (Å²) in [5, 5.41) is 7.76. The van der Waals surface area contributed by atoms with E-state index in [0.29, 0.717) is 35.6 Å². The molecule has 1 saturated heterocycles. The first-order chi connectivity index (χ1) is 14.9. The van der Waals surface area contributed by atoms with E-state index in [1.54, 1.807) is 6.20 Å². The Kier molecular flexibility index (Phi) is 6.13. The summed E-state index contributed by atoms with van der Waals surface area (Å²) in [6.45, 7) is 10.6. The summed E-state index contributed by atoms with van der Waals surface area (Å²) < 4.78 is 2.04. The van der Waals surface area contributed by atoms with Crippen molar-refractivity contribution < 1.29 is 4.79 Å². The van der Waals surface area contributed by atoms with Gasteiger partial charge < -0.3 is 10.2 Å². The van der Waals surface area contributed by atoms with Gasteiger partial charge in [-0.25, -0.2) is 14.6 Å². The van der Waals surface area contributed by atoms with Crippen LogP contribution >= 0.6 is 0 Å². The third kappa shape index (κ3) is 4.51. The highest BCUT2D eigenvalue weighted by atomic mass is 16.1. The van der Waals surface area contributed by atoms with Crippen LogP contribution < -0.4 is 5.32 Å². The van der Waals surface area contributed by atoms with Gasteiger partial charge in [0.2, 0.25) is 0 Å². The molecule has 4 rings (SSSR count). The second-order valence-electron chi connectivity index (χ2n) is 8.48. The molecule has 0 aliphatic carbocycles. The molecule has 1 aliphatic rings. The standard InChI is InChI=1S/C24H30N6O/c1-16(2)29-11-10-19(15-29)23-20(13-27-30(23)21-8-6-5-7-9-21)12-26-24(31)22-14-25-18(4)28-17(22)3/h5-9,13-14,16,19H,10-12,15H2,1-4H3,(H,26,31)/t19-/m0/s1. The predicted octanol–water partition coefficient (Wildman–Crippen LogP) is 3.41. The summed E-state index contributed by atoms with van der Waals surface area (Å²) in [5.74, 6) is 0.879. The van der Waals surface area contributed by atoms with Gasteiger partial charge in [-0.15, -0.1) is 0 Å². The van der Waals surface area contributed by atoms with E-state index in [1.165, 1.54) is 5.69 Å². The lowest BCUT2D eigenvalue weighted by atomic mass is 10.00. The average molecular weight is 419 g/mol. The molecule has 7 heteroatoms. The van der Waals surface area contributed by atoms with Gasteiger partial charge in [0.1, 0.15) is 5.82 Å². The zero-order chi connectivity index (χ0) is 22.0. The van der Waals surface area contributed by atoms with Crippen molar-refractivity contribution in [3.8, 4) is 5.69 Å². The Balaban J connectivity index is 1.60. The molecule has 1 atom stereocenters. The van der Waals surface area contributed by atoms with Gasteiger partial charge in [-0.1, -0.05) is 18.2 Å². The first-order valence-corrected chi connectivity index (χ1v) is 10.9. The minimum absolute atomic E-state index is 0.161. The Hall–Kier alpha value is -3.06. The van der Waals surface area contributed by atoms with Gasteiger partial charge in [0.15, 0.2) is 0 Å². The number of rotatable bonds is 6. The summed E-state index contributed by atoms with van der Waals surface area (Å²) >= 11 is 0. The highest BCUT2D eigenvalue weighted by Crippen LogP contribution is 2.32. The van der Waals surface area contributed by atoms with Crippen LogP contribution in [0, 0.1) is 13.8 Å². The number of hydrogen-bond acceptors (Lipinski definition) is 5. The van der Waals surface area contributed by atoms with Crippen LogP contribution in [0.1, 0.15) is 59.3 Å². The zero-order valence-electron chi connectivity index (χ0n) is 18.7. The fourth-order valence-electron chi connectivity index (χ4n) is 4.29. The predicted molar refractivity (Wildman–Crippen MR) is 120 cm³/mol. The van der Waals surface area contributed by atoms with Crippen molar-refractivity contribution in [1.82, 2.24) is 30.0 Å². The molecule has 0 bridgehead atoms. The number of hydrogen-bond donors (Lipinski definition) is 1. The number of nitrogens with zero attached hydrogens (tertiary/aromatic N) is 5. The maximum absolute atomic E-state index is 12.8. The van der Waals surface area contributed by atoms with Crippen LogP contribution in [0.5, 0.6) is 0 Å². The first kappa shape index (κ1) is 21.2. The Labute approximate surface area is 183 Å². The number of nitrogens with one attached hydrogen (secondary N) is 1. The van der Waals surface area contributed by atoms with E-state index in [-0.39, 0.29) is 5.91 Å². The molecule has 0 unspecified atom stereocenters. The Morgan fingerprint density at radius 1 is 1.19 bits per heavy atom. The van der Waals surface area contributed by atoms with Gasteiger partial charge in [-0.3, -0.25) is 4.79 Å². The van der Waals surface area contributed by atoms with E-state index in [1.807, 2.05) is 42.9 Å². The maximum atomic E-state index is 12.8. The Morgan fingerprint density at radius 3 is 2.65 bits per heavy atom. The van der Waals surface area contributed by atoms with Crippen LogP contribution in [-0.4, -0.2) is 49.7 Å². The minimum atomic E-state index is -0.161. The lowest BCUT2D eigenvalue weighted by Gasteiger charge is -2.21. The second-order valence-corrected chi connectivity index (χ2v) is 8.48. The van der Waals surface area contributed by atoms with Crippen molar-refractivity contribution >= 4 is 5.91 Å². The van der Waals surface area contributed by atoms with Gasteiger partial charge in [0, 0.05) is 36.8 Å². The molecule has 1 amide bonds. The number of benzene rings is 1. The maximum Gasteiger partial charge on any atom is 0.254 e. The number of para-hydroxylation sites is 1. The van der Waals surface area contributed by atoms with Crippen LogP contribution in [0.3, 0.4) is 0 Å². The largest absolute Gasteiger partial charge is 0.348 e. The van der Waals surface area contributed by atoms with Gasteiger partial charge in [0.25, 0.3) is 5.91 Å². The number of aryl methyl sites for hydroxylation is 2. The molecule has 0 spiro atoms. The topological polar surface area (TPSA) is 75.9 Å². The van der Waals surface area contributed by atoms with Gasteiger partial charge in [-0.2, -0.15) is 5.10 Å².